The molecule has 5 heteroatoms. The third-order valence-electron chi connectivity index (χ3n) is 4.33. The lowest BCUT2D eigenvalue weighted by Gasteiger charge is -2.30. The zero-order valence-electron chi connectivity index (χ0n) is 13.4. The second-order valence-corrected chi connectivity index (χ2v) is 8.16. The van der Waals surface area contributed by atoms with Crippen LogP contribution in [0.3, 0.4) is 0 Å². The minimum Gasteiger partial charge on any atom is -0.257 e. The summed E-state index contributed by atoms with van der Waals surface area (Å²) in [5, 5.41) is 0. The van der Waals surface area contributed by atoms with Gasteiger partial charge in [-0.3, -0.25) is 4.98 Å². The van der Waals surface area contributed by atoms with Gasteiger partial charge in [0, 0.05) is 36.8 Å². The molecule has 0 unspecified atom stereocenters. The minimum absolute atomic E-state index is 0.189. The van der Waals surface area contributed by atoms with Crippen LogP contribution in [0.5, 0.6) is 0 Å². The van der Waals surface area contributed by atoms with Gasteiger partial charge in [-0.2, -0.15) is 0 Å². The Morgan fingerprint density at radius 2 is 1.91 bits per heavy atom. The summed E-state index contributed by atoms with van der Waals surface area (Å²) in [5.41, 5.74) is 3.27. The van der Waals surface area contributed by atoms with Crippen LogP contribution >= 0.6 is 0 Å². The van der Waals surface area contributed by atoms with Crippen LogP contribution < -0.4 is 0 Å². The molecular formula is C18H22N2O2S. The first kappa shape index (κ1) is 16.1. The Hall–Kier alpha value is -1.72. The van der Waals surface area contributed by atoms with Crippen molar-refractivity contribution in [2.24, 2.45) is 0 Å². The number of hydrogen-bond donors (Lipinski definition) is 0. The lowest BCUT2D eigenvalue weighted by atomic mass is 9.95. The first-order valence-electron chi connectivity index (χ1n) is 7.97. The number of pyridine rings is 1. The average Bonchev–Trinajstić information content (AvgIpc) is 2.55. The van der Waals surface area contributed by atoms with E-state index in [1.165, 1.54) is 11.8 Å². The Bertz CT molecular complexity index is 760. The highest BCUT2D eigenvalue weighted by molar-refractivity contribution is 7.88. The second-order valence-electron chi connectivity index (χ2n) is 6.18. The van der Waals surface area contributed by atoms with Crippen molar-refractivity contribution < 1.29 is 8.42 Å². The fourth-order valence-electron chi connectivity index (χ4n) is 3.11. The molecule has 1 atom stereocenters. The zero-order chi connectivity index (χ0) is 16.3. The Morgan fingerprint density at radius 3 is 2.65 bits per heavy atom. The Balaban J connectivity index is 1.77. The summed E-state index contributed by atoms with van der Waals surface area (Å²) < 4.78 is 25.1. The molecule has 4 nitrogen and oxygen atoms in total. The van der Waals surface area contributed by atoms with Crippen LogP contribution in [0.1, 0.15) is 35.7 Å². The molecule has 2 heterocycles. The van der Waals surface area contributed by atoms with Gasteiger partial charge in [0.05, 0.1) is 6.26 Å². The maximum Gasteiger partial charge on any atom is 0.211 e. The predicted molar refractivity (Wildman–Crippen MR) is 91.9 cm³/mol. The molecule has 0 saturated carbocycles. The van der Waals surface area contributed by atoms with Gasteiger partial charge in [0.1, 0.15) is 0 Å². The topological polar surface area (TPSA) is 50.3 Å². The van der Waals surface area contributed by atoms with E-state index < -0.39 is 10.0 Å². The van der Waals surface area contributed by atoms with Crippen molar-refractivity contribution in [3.63, 3.8) is 0 Å². The highest BCUT2D eigenvalue weighted by atomic mass is 32.2. The number of benzene rings is 1. The van der Waals surface area contributed by atoms with Gasteiger partial charge in [0.25, 0.3) is 0 Å². The van der Waals surface area contributed by atoms with Crippen molar-refractivity contribution in [2.45, 2.75) is 25.2 Å². The molecule has 3 rings (SSSR count). The monoisotopic (exact) mass is 330 g/mol. The molecule has 1 aliphatic heterocycles. The van der Waals surface area contributed by atoms with Crippen molar-refractivity contribution in [2.75, 3.05) is 19.3 Å². The number of piperidine rings is 1. The van der Waals surface area contributed by atoms with Gasteiger partial charge < -0.3 is 0 Å². The van der Waals surface area contributed by atoms with Crippen LogP contribution in [0.25, 0.3) is 0 Å². The third kappa shape index (κ3) is 4.18. The van der Waals surface area contributed by atoms with Crippen LogP contribution in [0.15, 0.2) is 48.5 Å². The van der Waals surface area contributed by atoms with Gasteiger partial charge in [-0.05, 0) is 30.5 Å². The molecule has 0 N–H and O–H groups in total. The molecule has 122 valence electrons. The van der Waals surface area contributed by atoms with E-state index in [2.05, 4.69) is 12.1 Å². The SMILES string of the molecule is CS(=O)(=O)N1CCC[C@@H](c2cccc(Cc3ccccc3)n2)C1. The van der Waals surface area contributed by atoms with Gasteiger partial charge >= 0.3 is 0 Å². The van der Waals surface area contributed by atoms with Gasteiger partial charge in [-0.1, -0.05) is 36.4 Å². The average molecular weight is 330 g/mol. The standard InChI is InChI=1S/C18H22N2O2S/c1-23(21,22)20-12-6-9-16(14-20)18-11-5-10-17(19-18)13-15-7-3-2-4-8-15/h2-5,7-8,10-11,16H,6,9,12-14H2,1H3/t16-/m1/s1. The normalized spacial score (nSPS) is 19.6. The molecule has 0 aliphatic carbocycles. The van der Waals surface area contributed by atoms with Crippen LogP contribution in [0, 0.1) is 0 Å². The first-order chi connectivity index (χ1) is 11.0. The van der Waals surface area contributed by atoms with Crippen LogP contribution in [-0.2, 0) is 16.4 Å². The molecule has 0 radical (unpaired) electrons. The Morgan fingerprint density at radius 1 is 1.13 bits per heavy atom. The maximum atomic E-state index is 11.8. The second kappa shape index (κ2) is 6.81. The van der Waals surface area contributed by atoms with E-state index in [-0.39, 0.29) is 5.92 Å². The summed E-state index contributed by atoms with van der Waals surface area (Å²) in [5.74, 6) is 0.189. The van der Waals surface area contributed by atoms with Crippen molar-refractivity contribution >= 4 is 10.0 Å². The molecule has 1 aromatic carbocycles. The van der Waals surface area contributed by atoms with E-state index >= 15 is 0 Å². The Labute approximate surface area is 138 Å². The summed E-state index contributed by atoms with van der Waals surface area (Å²) in [6.45, 7) is 1.17. The van der Waals surface area contributed by atoms with Crippen LogP contribution in [0.2, 0.25) is 0 Å². The van der Waals surface area contributed by atoms with Gasteiger partial charge in [-0.15, -0.1) is 0 Å². The molecule has 1 aromatic heterocycles. The molecule has 1 aliphatic rings. The lowest BCUT2D eigenvalue weighted by Crippen LogP contribution is -2.38. The van der Waals surface area contributed by atoms with Crippen LogP contribution in [0.4, 0.5) is 0 Å². The van der Waals surface area contributed by atoms with Crippen LogP contribution in [-0.4, -0.2) is 37.1 Å². The third-order valence-corrected chi connectivity index (χ3v) is 5.60. The van der Waals surface area contributed by atoms with Gasteiger partial charge in [-0.25, -0.2) is 12.7 Å². The minimum atomic E-state index is -3.12. The molecular weight excluding hydrogens is 308 g/mol. The molecule has 1 fully saturated rings. The molecule has 0 amide bonds. The fraction of sp³-hybridized carbons (Fsp3) is 0.389. The summed E-state index contributed by atoms with van der Waals surface area (Å²) >= 11 is 0. The van der Waals surface area contributed by atoms with Gasteiger partial charge in [0.2, 0.25) is 10.0 Å². The molecule has 23 heavy (non-hydrogen) atoms. The predicted octanol–water partition coefficient (Wildman–Crippen LogP) is 2.81. The summed E-state index contributed by atoms with van der Waals surface area (Å²) in [6, 6.07) is 16.4. The van der Waals surface area contributed by atoms with Crippen molar-refractivity contribution in [1.82, 2.24) is 9.29 Å². The maximum absolute atomic E-state index is 11.8. The Kier molecular flexibility index (Phi) is 4.78. The molecule has 2 aromatic rings. The van der Waals surface area contributed by atoms with Crippen molar-refractivity contribution in [1.29, 1.82) is 0 Å². The number of rotatable bonds is 4. The molecule has 0 bridgehead atoms. The first-order valence-corrected chi connectivity index (χ1v) is 9.82. The molecule has 0 spiro atoms. The fourth-order valence-corrected chi connectivity index (χ4v) is 4.03. The van der Waals surface area contributed by atoms with Gasteiger partial charge in [0.15, 0.2) is 0 Å². The van der Waals surface area contributed by atoms with E-state index in [1.807, 2.05) is 36.4 Å². The number of aromatic nitrogens is 1. The number of hydrogen-bond acceptors (Lipinski definition) is 3. The largest absolute Gasteiger partial charge is 0.257 e. The highest BCUT2D eigenvalue weighted by Crippen LogP contribution is 2.27. The smallest absolute Gasteiger partial charge is 0.211 e. The zero-order valence-corrected chi connectivity index (χ0v) is 14.2. The summed E-state index contributed by atoms with van der Waals surface area (Å²) in [7, 11) is -3.12. The lowest BCUT2D eigenvalue weighted by molar-refractivity contribution is 0.314. The quantitative estimate of drug-likeness (QED) is 0.866. The van der Waals surface area contributed by atoms with E-state index in [1.54, 1.807) is 4.31 Å². The highest BCUT2D eigenvalue weighted by Gasteiger charge is 2.27. The van der Waals surface area contributed by atoms with E-state index in [4.69, 9.17) is 4.98 Å². The number of nitrogens with zero attached hydrogens (tertiary/aromatic N) is 2. The van der Waals surface area contributed by atoms with E-state index in [0.29, 0.717) is 13.1 Å². The summed E-state index contributed by atoms with van der Waals surface area (Å²) in [4.78, 5) is 4.79. The number of sulfonamides is 1. The summed E-state index contributed by atoms with van der Waals surface area (Å²) in [6.07, 6.45) is 3.97. The van der Waals surface area contributed by atoms with Crippen molar-refractivity contribution in [3.8, 4) is 0 Å². The van der Waals surface area contributed by atoms with Crippen molar-refractivity contribution in [3.05, 3.63) is 65.5 Å². The van der Waals surface area contributed by atoms with E-state index in [9.17, 15) is 8.42 Å². The van der Waals surface area contributed by atoms with E-state index in [0.717, 1.165) is 30.7 Å². The molecule has 1 saturated heterocycles.